The normalized spacial score (nSPS) is 32.2. The first-order valence-corrected chi connectivity index (χ1v) is 7.02. The minimum atomic E-state index is -0.0817. The standard InChI is InChI=1S/C14H28N2O/c1-6-10(3)15-14(17)12(5)16-13-8-7-9(2)11(13)4/h9-13,16H,6-8H2,1-5H3,(H,15,17). The third-order valence-corrected chi connectivity index (χ3v) is 4.32. The molecule has 0 heterocycles. The lowest BCUT2D eigenvalue weighted by Crippen LogP contribution is -2.49. The number of nitrogens with one attached hydrogen (secondary N) is 2. The average molecular weight is 240 g/mol. The van der Waals surface area contributed by atoms with E-state index in [2.05, 4.69) is 31.4 Å². The molecule has 1 aliphatic rings. The highest BCUT2D eigenvalue weighted by molar-refractivity contribution is 5.81. The Morgan fingerprint density at radius 1 is 1.29 bits per heavy atom. The van der Waals surface area contributed by atoms with Crippen molar-refractivity contribution in [3.8, 4) is 0 Å². The molecule has 3 nitrogen and oxygen atoms in total. The Morgan fingerprint density at radius 2 is 1.94 bits per heavy atom. The molecule has 0 aromatic heterocycles. The van der Waals surface area contributed by atoms with Gasteiger partial charge in [-0.15, -0.1) is 0 Å². The van der Waals surface area contributed by atoms with Crippen molar-refractivity contribution in [3.63, 3.8) is 0 Å². The Bertz CT molecular complexity index is 255. The fraction of sp³-hybridized carbons (Fsp3) is 0.929. The van der Waals surface area contributed by atoms with Crippen molar-refractivity contribution in [2.75, 3.05) is 0 Å². The molecule has 2 N–H and O–H groups in total. The van der Waals surface area contributed by atoms with Gasteiger partial charge in [0, 0.05) is 12.1 Å². The third-order valence-electron chi connectivity index (χ3n) is 4.32. The van der Waals surface area contributed by atoms with Gasteiger partial charge < -0.3 is 10.6 Å². The van der Waals surface area contributed by atoms with Crippen LogP contribution in [0.3, 0.4) is 0 Å². The van der Waals surface area contributed by atoms with Gasteiger partial charge in [0.25, 0.3) is 0 Å². The summed E-state index contributed by atoms with van der Waals surface area (Å²) < 4.78 is 0. The van der Waals surface area contributed by atoms with E-state index in [1.54, 1.807) is 0 Å². The minimum absolute atomic E-state index is 0.0817. The zero-order chi connectivity index (χ0) is 13.0. The van der Waals surface area contributed by atoms with Crippen LogP contribution >= 0.6 is 0 Å². The Morgan fingerprint density at radius 3 is 2.41 bits per heavy atom. The van der Waals surface area contributed by atoms with Crippen LogP contribution in [0, 0.1) is 11.8 Å². The van der Waals surface area contributed by atoms with Crippen LogP contribution in [-0.2, 0) is 4.79 Å². The van der Waals surface area contributed by atoms with E-state index >= 15 is 0 Å². The minimum Gasteiger partial charge on any atom is -0.352 e. The molecule has 1 saturated carbocycles. The topological polar surface area (TPSA) is 41.1 Å². The van der Waals surface area contributed by atoms with Crippen molar-refractivity contribution in [3.05, 3.63) is 0 Å². The van der Waals surface area contributed by atoms with Gasteiger partial charge in [-0.25, -0.2) is 0 Å². The second-order valence-corrected chi connectivity index (χ2v) is 5.73. The van der Waals surface area contributed by atoms with E-state index in [-0.39, 0.29) is 18.0 Å². The van der Waals surface area contributed by atoms with Crippen LogP contribution in [0.25, 0.3) is 0 Å². The van der Waals surface area contributed by atoms with Gasteiger partial charge in [-0.2, -0.15) is 0 Å². The molecule has 5 unspecified atom stereocenters. The second kappa shape index (κ2) is 6.39. The van der Waals surface area contributed by atoms with Gasteiger partial charge in [0.1, 0.15) is 0 Å². The van der Waals surface area contributed by atoms with Crippen molar-refractivity contribution >= 4 is 5.91 Å². The first-order valence-electron chi connectivity index (χ1n) is 7.02. The Balaban J connectivity index is 2.38. The number of carbonyl (C=O) groups is 1. The lowest BCUT2D eigenvalue weighted by atomic mass is 9.97. The van der Waals surface area contributed by atoms with Gasteiger partial charge in [-0.05, 0) is 44.9 Å². The van der Waals surface area contributed by atoms with Crippen molar-refractivity contribution < 1.29 is 4.79 Å². The molecule has 1 rings (SSSR count). The Labute approximate surface area is 106 Å². The first-order chi connectivity index (χ1) is 7.95. The maximum Gasteiger partial charge on any atom is 0.237 e. The van der Waals surface area contributed by atoms with E-state index in [4.69, 9.17) is 0 Å². The summed E-state index contributed by atoms with van der Waals surface area (Å²) in [5.41, 5.74) is 0. The molecule has 0 aromatic carbocycles. The first kappa shape index (κ1) is 14.5. The molecule has 0 spiro atoms. The Kier molecular flexibility index (Phi) is 5.44. The zero-order valence-electron chi connectivity index (χ0n) is 11.9. The summed E-state index contributed by atoms with van der Waals surface area (Å²) in [4.78, 5) is 11.9. The summed E-state index contributed by atoms with van der Waals surface area (Å²) in [6, 6.07) is 0.691. The van der Waals surface area contributed by atoms with Gasteiger partial charge >= 0.3 is 0 Å². The summed E-state index contributed by atoms with van der Waals surface area (Å²) >= 11 is 0. The summed E-state index contributed by atoms with van der Waals surface area (Å²) in [5.74, 6) is 1.58. The summed E-state index contributed by atoms with van der Waals surface area (Å²) in [7, 11) is 0. The lowest BCUT2D eigenvalue weighted by Gasteiger charge is -2.24. The number of hydrogen-bond donors (Lipinski definition) is 2. The monoisotopic (exact) mass is 240 g/mol. The van der Waals surface area contributed by atoms with Crippen molar-refractivity contribution in [2.24, 2.45) is 11.8 Å². The largest absolute Gasteiger partial charge is 0.352 e. The molecule has 0 radical (unpaired) electrons. The van der Waals surface area contributed by atoms with Crippen molar-refractivity contribution in [1.29, 1.82) is 0 Å². The predicted molar refractivity (Wildman–Crippen MR) is 71.8 cm³/mol. The highest BCUT2D eigenvalue weighted by Crippen LogP contribution is 2.31. The number of amides is 1. The maximum atomic E-state index is 11.9. The van der Waals surface area contributed by atoms with Crippen LogP contribution in [0.1, 0.15) is 53.9 Å². The van der Waals surface area contributed by atoms with Gasteiger partial charge in [-0.3, -0.25) is 4.79 Å². The second-order valence-electron chi connectivity index (χ2n) is 5.73. The van der Waals surface area contributed by atoms with Crippen LogP contribution < -0.4 is 10.6 Å². The van der Waals surface area contributed by atoms with E-state index in [0.717, 1.165) is 12.3 Å². The van der Waals surface area contributed by atoms with Crippen LogP contribution in [0.5, 0.6) is 0 Å². The molecule has 1 amide bonds. The summed E-state index contributed by atoms with van der Waals surface area (Å²) in [6.07, 6.45) is 3.46. The van der Waals surface area contributed by atoms with Gasteiger partial charge in [0.2, 0.25) is 5.91 Å². The van der Waals surface area contributed by atoms with Gasteiger partial charge in [0.15, 0.2) is 0 Å². The Hall–Kier alpha value is -0.570. The smallest absolute Gasteiger partial charge is 0.237 e. The van der Waals surface area contributed by atoms with Gasteiger partial charge in [-0.1, -0.05) is 20.8 Å². The lowest BCUT2D eigenvalue weighted by molar-refractivity contribution is -0.123. The molecule has 1 fully saturated rings. The molecule has 1 aliphatic carbocycles. The van der Waals surface area contributed by atoms with E-state index in [0.29, 0.717) is 12.0 Å². The fourth-order valence-electron chi connectivity index (χ4n) is 2.47. The maximum absolute atomic E-state index is 11.9. The van der Waals surface area contributed by atoms with Crippen molar-refractivity contribution in [1.82, 2.24) is 10.6 Å². The molecule has 5 atom stereocenters. The molecule has 0 bridgehead atoms. The SMILES string of the molecule is CCC(C)NC(=O)C(C)NC1CCC(C)C1C. The zero-order valence-corrected chi connectivity index (χ0v) is 11.9. The third kappa shape index (κ3) is 3.98. The van der Waals surface area contributed by atoms with Crippen LogP contribution in [0.15, 0.2) is 0 Å². The molecule has 0 aliphatic heterocycles. The molecular weight excluding hydrogens is 212 g/mol. The van der Waals surface area contributed by atoms with E-state index in [1.807, 2.05) is 13.8 Å². The van der Waals surface area contributed by atoms with E-state index in [1.165, 1.54) is 12.8 Å². The highest BCUT2D eigenvalue weighted by atomic mass is 16.2. The van der Waals surface area contributed by atoms with E-state index in [9.17, 15) is 4.79 Å². The molecule has 3 heteroatoms. The highest BCUT2D eigenvalue weighted by Gasteiger charge is 2.31. The summed E-state index contributed by atoms with van der Waals surface area (Å²) in [5, 5.41) is 6.50. The van der Waals surface area contributed by atoms with Crippen LogP contribution in [0.4, 0.5) is 0 Å². The predicted octanol–water partition coefficient (Wildman–Crippen LogP) is 2.31. The summed E-state index contributed by atoms with van der Waals surface area (Å²) in [6.45, 7) is 10.7. The van der Waals surface area contributed by atoms with Crippen molar-refractivity contribution in [2.45, 2.75) is 72.0 Å². The number of hydrogen-bond acceptors (Lipinski definition) is 2. The average Bonchev–Trinajstić information content (AvgIpc) is 2.60. The van der Waals surface area contributed by atoms with E-state index < -0.39 is 0 Å². The molecular formula is C14H28N2O. The quantitative estimate of drug-likeness (QED) is 0.774. The molecule has 100 valence electrons. The number of carbonyl (C=O) groups excluding carboxylic acids is 1. The number of rotatable bonds is 5. The van der Waals surface area contributed by atoms with Crippen LogP contribution in [-0.4, -0.2) is 24.0 Å². The molecule has 17 heavy (non-hydrogen) atoms. The van der Waals surface area contributed by atoms with Crippen LogP contribution in [0.2, 0.25) is 0 Å². The fourth-order valence-corrected chi connectivity index (χ4v) is 2.47. The molecule has 0 saturated heterocycles. The van der Waals surface area contributed by atoms with Gasteiger partial charge in [0.05, 0.1) is 6.04 Å². The molecule has 0 aromatic rings.